The fourth-order valence-electron chi connectivity index (χ4n) is 6.33. The van der Waals surface area contributed by atoms with E-state index in [1.807, 2.05) is 13.8 Å². The van der Waals surface area contributed by atoms with Gasteiger partial charge in [-0.05, 0) is 58.7 Å². The molecule has 16 heteroatoms. The second-order valence-electron chi connectivity index (χ2n) is 12.9. The van der Waals surface area contributed by atoms with Gasteiger partial charge in [-0.15, -0.1) is 0 Å². The molecule has 10 nitrogen and oxygen atoms in total. The number of piperazine rings is 1. The maximum Gasteiger partial charge on any atom is 0.430 e. The van der Waals surface area contributed by atoms with Gasteiger partial charge < -0.3 is 30.3 Å². The summed E-state index contributed by atoms with van der Waals surface area (Å²) in [6.45, 7) is 10.2. The summed E-state index contributed by atoms with van der Waals surface area (Å²) in [5.74, 6) is -0.560. The third-order valence-electron chi connectivity index (χ3n) is 8.90. The highest BCUT2D eigenvalue weighted by molar-refractivity contribution is 6.09. The fraction of sp³-hybridized carbons (Fsp3) is 0.594. The molecule has 3 aliphatic heterocycles. The molecule has 0 aromatic heterocycles. The van der Waals surface area contributed by atoms with Crippen molar-refractivity contribution >= 4 is 23.5 Å². The summed E-state index contributed by atoms with van der Waals surface area (Å²) < 4.78 is 87.2. The Morgan fingerprint density at radius 2 is 1.73 bits per heavy atom. The largest absolute Gasteiger partial charge is 0.490 e. The standard InChI is InChI=1S/C32H41F6N5O5/c1-7-8-21-13-22(30(47,31(33,34)35)32(36,37)38)9-11-24(21)41-15-20(5)42(16-19(41)4)26(44)17-43-27(45)29(6,40-28(43)46)25-12-10-23(14-39-25)48-18(2)3/h9-14,18-20,25,39,47H,7-8,15-17H2,1-6H3,(H,40,46)/t19-,20+,25?,29?/m0/s1. The van der Waals surface area contributed by atoms with Crippen LogP contribution in [0.2, 0.25) is 0 Å². The Morgan fingerprint density at radius 1 is 1.08 bits per heavy atom. The van der Waals surface area contributed by atoms with Gasteiger partial charge in [-0.25, -0.2) is 4.79 Å². The molecule has 2 unspecified atom stereocenters. The van der Waals surface area contributed by atoms with Crippen molar-refractivity contribution in [3.8, 4) is 0 Å². The number of alkyl halides is 6. The Morgan fingerprint density at radius 3 is 2.27 bits per heavy atom. The number of carbonyl (C=O) groups is 3. The molecule has 266 valence electrons. The molecular weight excluding hydrogens is 648 g/mol. The van der Waals surface area contributed by atoms with E-state index in [2.05, 4.69) is 10.6 Å². The highest BCUT2D eigenvalue weighted by Crippen LogP contribution is 2.50. The van der Waals surface area contributed by atoms with Gasteiger partial charge in [0, 0.05) is 42.6 Å². The number of aryl methyl sites for hydroxylation is 1. The zero-order valence-corrected chi connectivity index (χ0v) is 27.5. The highest BCUT2D eigenvalue weighted by atomic mass is 19.4. The zero-order chi connectivity index (χ0) is 36.0. The maximum atomic E-state index is 13.6. The molecule has 48 heavy (non-hydrogen) atoms. The SMILES string of the molecule is CCCc1cc(C(O)(C(F)(F)F)C(F)(F)F)ccc1N1C[C@@H](C)N(C(=O)CN2C(=O)NC(C)(C3C=CC(OC(C)C)=CN3)C2=O)C[C@@H]1C. The summed E-state index contributed by atoms with van der Waals surface area (Å²) in [4.78, 5) is 44.1. The average molecular weight is 690 g/mol. The van der Waals surface area contributed by atoms with E-state index in [-0.39, 0.29) is 31.2 Å². The summed E-state index contributed by atoms with van der Waals surface area (Å²) in [5.41, 5.74) is -7.21. The number of benzene rings is 1. The number of nitrogens with zero attached hydrogens (tertiary/aromatic N) is 3. The molecule has 4 atom stereocenters. The van der Waals surface area contributed by atoms with E-state index >= 15 is 0 Å². The molecule has 0 radical (unpaired) electrons. The van der Waals surface area contributed by atoms with Crippen molar-refractivity contribution in [1.29, 1.82) is 0 Å². The fourth-order valence-corrected chi connectivity index (χ4v) is 6.33. The number of halogens is 6. The molecule has 0 bridgehead atoms. The van der Waals surface area contributed by atoms with E-state index in [4.69, 9.17) is 4.74 Å². The number of anilines is 1. The van der Waals surface area contributed by atoms with Crippen molar-refractivity contribution in [2.24, 2.45) is 0 Å². The number of hydrogen-bond acceptors (Lipinski definition) is 7. The number of aliphatic hydroxyl groups is 1. The monoisotopic (exact) mass is 689 g/mol. The van der Waals surface area contributed by atoms with Crippen molar-refractivity contribution in [3.63, 3.8) is 0 Å². The van der Waals surface area contributed by atoms with Crippen LogP contribution in [0.4, 0.5) is 36.8 Å². The number of nitrogens with one attached hydrogen (secondary N) is 2. The first kappa shape index (κ1) is 36.9. The lowest BCUT2D eigenvalue weighted by atomic mass is 9.89. The predicted octanol–water partition coefficient (Wildman–Crippen LogP) is 4.48. The van der Waals surface area contributed by atoms with Crippen LogP contribution < -0.4 is 15.5 Å². The van der Waals surface area contributed by atoms with E-state index in [0.717, 1.165) is 17.0 Å². The maximum absolute atomic E-state index is 13.6. The molecule has 0 spiro atoms. The van der Waals surface area contributed by atoms with Crippen LogP contribution in [0.25, 0.3) is 0 Å². The zero-order valence-electron chi connectivity index (χ0n) is 27.5. The Hall–Kier alpha value is -3.95. The first-order chi connectivity index (χ1) is 22.1. The molecule has 3 N–H and O–H groups in total. The molecular formula is C32H41F6N5O5. The molecule has 4 rings (SSSR count). The lowest BCUT2D eigenvalue weighted by molar-refractivity contribution is -0.376. The quantitative estimate of drug-likeness (QED) is 0.259. The number of amides is 4. The van der Waals surface area contributed by atoms with Gasteiger partial charge in [0.15, 0.2) is 0 Å². The van der Waals surface area contributed by atoms with Gasteiger partial charge in [0.2, 0.25) is 5.91 Å². The van der Waals surface area contributed by atoms with Gasteiger partial charge in [0.1, 0.15) is 17.8 Å². The van der Waals surface area contributed by atoms with Gasteiger partial charge in [0.05, 0.1) is 12.1 Å². The Balaban J connectivity index is 1.49. The van der Waals surface area contributed by atoms with E-state index in [0.29, 0.717) is 23.9 Å². The van der Waals surface area contributed by atoms with E-state index < -0.39 is 71.6 Å². The third kappa shape index (κ3) is 6.67. The Labute approximate surface area is 274 Å². The number of urea groups is 1. The van der Waals surface area contributed by atoms with Gasteiger partial charge in [-0.2, -0.15) is 26.3 Å². The molecule has 3 heterocycles. The molecule has 0 aliphatic carbocycles. The minimum absolute atomic E-state index is 0.0711. The van der Waals surface area contributed by atoms with Gasteiger partial charge in [-0.1, -0.05) is 31.6 Å². The van der Waals surface area contributed by atoms with Crippen molar-refractivity contribution in [3.05, 3.63) is 53.4 Å². The number of dihydropyridines is 1. The van der Waals surface area contributed by atoms with Crippen LogP contribution in [0.3, 0.4) is 0 Å². The molecule has 2 saturated heterocycles. The summed E-state index contributed by atoms with van der Waals surface area (Å²) in [6, 6.07) is 0.193. The summed E-state index contributed by atoms with van der Waals surface area (Å²) in [5, 5.41) is 15.7. The molecule has 1 aromatic carbocycles. The lowest BCUT2D eigenvalue weighted by Gasteiger charge is -2.46. The van der Waals surface area contributed by atoms with Gasteiger partial charge >= 0.3 is 18.4 Å². The normalized spacial score (nSPS) is 25.3. The van der Waals surface area contributed by atoms with Crippen molar-refractivity contribution in [2.45, 2.75) is 102 Å². The first-order valence-corrected chi connectivity index (χ1v) is 15.7. The van der Waals surface area contributed by atoms with E-state index in [9.17, 15) is 45.8 Å². The summed E-state index contributed by atoms with van der Waals surface area (Å²) >= 11 is 0. The molecule has 1 aromatic rings. The lowest BCUT2D eigenvalue weighted by Crippen LogP contribution is -2.60. The predicted molar refractivity (Wildman–Crippen MR) is 163 cm³/mol. The van der Waals surface area contributed by atoms with Crippen LogP contribution in [-0.4, -0.2) is 94.5 Å². The van der Waals surface area contributed by atoms with Crippen LogP contribution in [0.5, 0.6) is 0 Å². The highest BCUT2D eigenvalue weighted by Gasteiger charge is 2.71. The minimum atomic E-state index is -6.01. The summed E-state index contributed by atoms with van der Waals surface area (Å²) in [6.07, 6.45) is -6.59. The second kappa shape index (κ2) is 13.2. The summed E-state index contributed by atoms with van der Waals surface area (Å²) in [7, 11) is 0. The number of hydrogen-bond donors (Lipinski definition) is 3. The smallest absolute Gasteiger partial charge is 0.430 e. The second-order valence-corrected chi connectivity index (χ2v) is 12.9. The van der Waals surface area contributed by atoms with Crippen molar-refractivity contribution in [2.75, 3.05) is 24.5 Å². The van der Waals surface area contributed by atoms with E-state index in [1.54, 1.807) is 50.9 Å². The molecule has 0 saturated carbocycles. The number of ether oxygens (including phenoxy) is 1. The third-order valence-corrected chi connectivity index (χ3v) is 8.90. The number of imide groups is 1. The Kier molecular flexibility index (Phi) is 10.1. The van der Waals surface area contributed by atoms with Gasteiger partial charge in [-0.3, -0.25) is 14.5 Å². The van der Waals surface area contributed by atoms with Crippen LogP contribution in [0.15, 0.2) is 42.3 Å². The van der Waals surface area contributed by atoms with Crippen LogP contribution in [0.1, 0.15) is 59.1 Å². The Bertz CT molecular complexity index is 1460. The minimum Gasteiger partial charge on any atom is -0.490 e. The van der Waals surface area contributed by atoms with E-state index in [1.165, 1.54) is 4.90 Å². The van der Waals surface area contributed by atoms with Crippen molar-refractivity contribution in [1.82, 2.24) is 20.4 Å². The van der Waals surface area contributed by atoms with Crippen LogP contribution >= 0.6 is 0 Å². The van der Waals surface area contributed by atoms with Crippen LogP contribution in [0, 0.1) is 0 Å². The molecule has 2 fully saturated rings. The van der Waals surface area contributed by atoms with Gasteiger partial charge in [0.25, 0.3) is 11.5 Å². The van der Waals surface area contributed by atoms with Crippen LogP contribution in [-0.2, 0) is 26.3 Å². The molecule has 3 aliphatic rings. The first-order valence-electron chi connectivity index (χ1n) is 15.7. The van der Waals surface area contributed by atoms with Crippen molar-refractivity contribution < 1.29 is 50.6 Å². The average Bonchev–Trinajstić information content (AvgIpc) is 3.20. The number of carbonyl (C=O) groups excluding carboxylic acids is 3. The number of rotatable bonds is 9. The topological polar surface area (TPSA) is 114 Å². The molecule has 4 amide bonds. The number of allylic oxidation sites excluding steroid dienone is 1.